The van der Waals surface area contributed by atoms with Crippen LogP contribution < -0.4 is 10.2 Å². The highest BCUT2D eigenvalue weighted by molar-refractivity contribution is 5.39. The molecule has 0 amide bonds. The predicted octanol–water partition coefficient (Wildman–Crippen LogP) is 2.60. The molecule has 19 heavy (non-hydrogen) atoms. The molecule has 1 aliphatic carbocycles. The lowest BCUT2D eigenvalue weighted by molar-refractivity contribution is 0.600. The van der Waals surface area contributed by atoms with E-state index in [0.29, 0.717) is 12.0 Å². The van der Waals surface area contributed by atoms with Gasteiger partial charge in [-0.3, -0.25) is 4.98 Å². The molecule has 0 saturated heterocycles. The van der Waals surface area contributed by atoms with Crippen molar-refractivity contribution in [1.82, 2.24) is 15.3 Å². The molecule has 1 N–H and O–H groups in total. The molecule has 106 valence electrons. The average molecular weight is 262 g/mol. The minimum atomic E-state index is 0.660. The van der Waals surface area contributed by atoms with Crippen molar-refractivity contribution in [2.45, 2.75) is 52.6 Å². The van der Waals surface area contributed by atoms with Crippen molar-refractivity contribution in [2.75, 3.05) is 18.0 Å². The van der Waals surface area contributed by atoms with Gasteiger partial charge in [-0.1, -0.05) is 20.8 Å². The molecule has 1 aliphatic rings. The maximum absolute atomic E-state index is 4.60. The lowest BCUT2D eigenvalue weighted by Gasteiger charge is -2.25. The molecule has 0 aliphatic heterocycles. The van der Waals surface area contributed by atoms with Crippen LogP contribution in [0.5, 0.6) is 0 Å². The standard InChI is InChI=1S/C15H26N4/c1-4-7-16-8-13-9-18-15(10-17-13)19(11-12(2)3)14-5-6-14/h9-10,12,14,16H,4-8,11H2,1-3H3. The van der Waals surface area contributed by atoms with Crippen LogP contribution in [0, 0.1) is 5.92 Å². The van der Waals surface area contributed by atoms with E-state index in [1.165, 1.54) is 12.8 Å². The highest BCUT2D eigenvalue weighted by atomic mass is 15.2. The second kappa shape index (κ2) is 6.85. The average Bonchev–Trinajstić information content (AvgIpc) is 3.21. The lowest BCUT2D eigenvalue weighted by Crippen LogP contribution is -2.30. The maximum atomic E-state index is 4.60. The first kappa shape index (κ1) is 14.3. The minimum absolute atomic E-state index is 0.660. The molecule has 0 bridgehead atoms. The van der Waals surface area contributed by atoms with E-state index in [2.05, 4.69) is 41.0 Å². The summed E-state index contributed by atoms with van der Waals surface area (Å²) in [4.78, 5) is 11.5. The van der Waals surface area contributed by atoms with Gasteiger partial charge in [0.1, 0.15) is 5.82 Å². The Morgan fingerprint density at radius 2 is 2.11 bits per heavy atom. The summed E-state index contributed by atoms with van der Waals surface area (Å²) in [6, 6.07) is 0.695. The van der Waals surface area contributed by atoms with Gasteiger partial charge in [0.15, 0.2) is 0 Å². The Morgan fingerprint density at radius 3 is 2.63 bits per heavy atom. The van der Waals surface area contributed by atoms with E-state index in [4.69, 9.17) is 0 Å². The normalized spacial score (nSPS) is 14.9. The molecule has 1 heterocycles. The van der Waals surface area contributed by atoms with Crippen LogP contribution in [0.15, 0.2) is 12.4 Å². The molecule has 1 fully saturated rings. The maximum Gasteiger partial charge on any atom is 0.147 e. The van der Waals surface area contributed by atoms with Crippen LogP contribution in [0.1, 0.15) is 45.7 Å². The Kier molecular flexibility index (Phi) is 5.14. The van der Waals surface area contributed by atoms with Gasteiger partial charge in [0.25, 0.3) is 0 Å². The Morgan fingerprint density at radius 1 is 1.32 bits per heavy atom. The van der Waals surface area contributed by atoms with Crippen molar-refractivity contribution in [2.24, 2.45) is 5.92 Å². The largest absolute Gasteiger partial charge is 0.352 e. The molecule has 1 aromatic heterocycles. The molecule has 4 heteroatoms. The summed E-state index contributed by atoms with van der Waals surface area (Å²) in [5.74, 6) is 1.70. The first-order chi connectivity index (χ1) is 9.20. The SMILES string of the molecule is CCCNCc1cnc(N(CC(C)C)C2CC2)cn1. The van der Waals surface area contributed by atoms with Crippen molar-refractivity contribution >= 4 is 5.82 Å². The highest BCUT2D eigenvalue weighted by Gasteiger charge is 2.30. The van der Waals surface area contributed by atoms with Crippen molar-refractivity contribution in [3.05, 3.63) is 18.1 Å². The van der Waals surface area contributed by atoms with Crippen LogP contribution >= 0.6 is 0 Å². The van der Waals surface area contributed by atoms with Gasteiger partial charge in [0, 0.05) is 19.1 Å². The summed E-state index contributed by atoms with van der Waals surface area (Å²) >= 11 is 0. The zero-order valence-corrected chi connectivity index (χ0v) is 12.4. The van der Waals surface area contributed by atoms with Crippen molar-refractivity contribution in [3.63, 3.8) is 0 Å². The molecular formula is C15H26N4. The summed E-state index contributed by atoms with van der Waals surface area (Å²) < 4.78 is 0. The molecule has 0 unspecified atom stereocenters. The van der Waals surface area contributed by atoms with E-state index < -0.39 is 0 Å². The fraction of sp³-hybridized carbons (Fsp3) is 0.733. The molecule has 1 aromatic rings. The second-order valence-corrected chi connectivity index (χ2v) is 5.82. The predicted molar refractivity (Wildman–Crippen MR) is 79.2 cm³/mol. The second-order valence-electron chi connectivity index (χ2n) is 5.82. The summed E-state index contributed by atoms with van der Waals surface area (Å²) in [7, 11) is 0. The molecule has 1 saturated carbocycles. The van der Waals surface area contributed by atoms with Gasteiger partial charge in [0.05, 0.1) is 18.1 Å². The van der Waals surface area contributed by atoms with Crippen LogP contribution in [-0.4, -0.2) is 29.1 Å². The van der Waals surface area contributed by atoms with Gasteiger partial charge >= 0.3 is 0 Å². The van der Waals surface area contributed by atoms with E-state index in [1.54, 1.807) is 0 Å². The zero-order chi connectivity index (χ0) is 13.7. The van der Waals surface area contributed by atoms with Gasteiger partial charge in [-0.15, -0.1) is 0 Å². The van der Waals surface area contributed by atoms with Crippen LogP contribution in [0.2, 0.25) is 0 Å². The number of rotatable bonds is 8. The van der Waals surface area contributed by atoms with E-state index in [1.807, 2.05) is 12.4 Å². The third-order valence-corrected chi connectivity index (χ3v) is 3.27. The zero-order valence-electron chi connectivity index (χ0n) is 12.4. The first-order valence-electron chi connectivity index (χ1n) is 7.49. The summed E-state index contributed by atoms with van der Waals surface area (Å²) in [6.45, 7) is 9.60. The van der Waals surface area contributed by atoms with Gasteiger partial charge in [-0.05, 0) is 31.7 Å². The molecule has 4 nitrogen and oxygen atoms in total. The third-order valence-electron chi connectivity index (χ3n) is 3.27. The third kappa shape index (κ3) is 4.46. The molecule has 0 aromatic carbocycles. The summed E-state index contributed by atoms with van der Waals surface area (Å²) in [6.07, 6.45) is 7.59. The molecule has 0 atom stereocenters. The molecule has 0 spiro atoms. The number of nitrogens with zero attached hydrogens (tertiary/aromatic N) is 3. The molecule has 0 radical (unpaired) electrons. The Labute approximate surface area is 116 Å². The molecule has 2 rings (SSSR count). The monoisotopic (exact) mass is 262 g/mol. The van der Waals surface area contributed by atoms with Gasteiger partial charge < -0.3 is 10.2 Å². The molecular weight excluding hydrogens is 236 g/mol. The van der Waals surface area contributed by atoms with Crippen molar-refractivity contribution in [1.29, 1.82) is 0 Å². The van der Waals surface area contributed by atoms with Crippen LogP contribution in [0.25, 0.3) is 0 Å². The van der Waals surface area contributed by atoms with E-state index in [9.17, 15) is 0 Å². The fourth-order valence-electron chi connectivity index (χ4n) is 2.19. The van der Waals surface area contributed by atoms with Gasteiger partial charge in [0.2, 0.25) is 0 Å². The van der Waals surface area contributed by atoms with Crippen LogP contribution in [0.4, 0.5) is 5.82 Å². The fourth-order valence-corrected chi connectivity index (χ4v) is 2.19. The number of aromatic nitrogens is 2. The quantitative estimate of drug-likeness (QED) is 0.731. The topological polar surface area (TPSA) is 41.1 Å². The highest BCUT2D eigenvalue weighted by Crippen LogP contribution is 2.30. The number of hydrogen-bond donors (Lipinski definition) is 1. The number of nitrogens with one attached hydrogen (secondary N) is 1. The van der Waals surface area contributed by atoms with E-state index in [-0.39, 0.29) is 0 Å². The summed E-state index contributed by atoms with van der Waals surface area (Å²) in [5.41, 5.74) is 1.03. The van der Waals surface area contributed by atoms with Crippen molar-refractivity contribution in [3.8, 4) is 0 Å². The van der Waals surface area contributed by atoms with E-state index in [0.717, 1.165) is 37.6 Å². The van der Waals surface area contributed by atoms with Crippen LogP contribution in [-0.2, 0) is 6.54 Å². The Hall–Kier alpha value is -1.16. The van der Waals surface area contributed by atoms with Crippen molar-refractivity contribution < 1.29 is 0 Å². The van der Waals surface area contributed by atoms with Crippen LogP contribution in [0.3, 0.4) is 0 Å². The number of anilines is 1. The minimum Gasteiger partial charge on any atom is -0.352 e. The number of hydrogen-bond acceptors (Lipinski definition) is 4. The summed E-state index contributed by atoms with van der Waals surface area (Å²) in [5, 5.41) is 3.35. The van der Waals surface area contributed by atoms with Gasteiger partial charge in [-0.2, -0.15) is 0 Å². The lowest BCUT2D eigenvalue weighted by atomic mass is 10.2. The Bertz CT molecular complexity index is 370. The smallest absolute Gasteiger partial charge is 0.147 e. The van der Waals surface area contributed by atoms with E-state index >= 15 is 0 Å². The Balaban J connectivity index is 1.95. The van der Waals surface area contributed by atoms with Gasteiger partial charge in [-0.25, -0.2) is 4.98 Å². The first-order valence-corrected chi connectivity index (χ1v) is 7.49.